The number of halogens is 1. The highest BCUT2D eigenvalue weighted by Crippen LogP contribution is 2.16. The van der Waals surface area contributed by atoms with Gasteiger partial charge in [-0.25, -0.2) is 9.78 Å². The summed E-state index contributed by atoms with van der Waals surface area (Å²) in [5.74, 6) is -1.54. The summed E-state index contributed by atoms with van der Waals surface area (Å²) in [7, 11) is 0. The minimum absolute atomic E-state index is 0.179. The maximum absolute atomic E-state index is 12.1. The zero-order chi connectivity index (χ0) is 13.8. The van der Waals surface area contributed by atoms with Gasteiger partial charge in [-0.15, -0.1) is 0 Å². The molecule has 96 valence electrons. The van der Waals surface area contributed by atoms with Gasteiger partial charge in [0.15, 0.2) is 5.69 Å². The Morgan fingerprint density at radius 1 is 1.16 bits per heavy atom. The SMILES string of the molecule is O=C(Nc1cccnc1C(=O)O)c1ccccc1I. The van der Waals surface area contributed by atoms with Crippen molar-refractivity contribution in [3.05, 3.63) is 57.4 Å². The van der Waals surface area contributed by atoms with E-state index in [-0.39, 0.29) is 17.3 Å². The van der Waals surface area contributed by atoms with Crippen LogP contribution in [0.3, 0.4) is 0 Å². The largest absolute Gasteiger partial charge is 0.476 e. The van der Waals surface area contributed by atoms with E-state index in [0.717, 1.165) is 3.57 Å². The van der Waals surface area contributed by atoms with Gasteiger partial charge in [0.05, 0.1) is 11.3 Å². The molecule has 6 heteroatoms. The zero-order valence-electron chi connectivity index (χ0n) is 9.63. The van der Waals surface area contributed by atoms with Gasteiger partial charge in [-0.1, -0.05) is 12.1 Å². The molecule has 2 aromatic rings. The highest BCUT2D eigenvalue weighted by Gasteiger charge is 2.15. The summed E-state index contributed by atoms with van der Waals surface area (Å²) >= 11 is 2.05. The molecule has 0 fully saturated rings. The number of carbonyl (C=O) groups excluding carboxylic acids is 1. The molecule has 0 bridgehead atoms. The number of carboxylic acid groups (broad SMARTS) is 1. The van der Waals surface area contributed by atoms with Crippen molar-refractivity contribution >= 4 is 40.2 Å². The molecule has 5 nitrogen and oxygen atoms in total. The Hall–Kier alpha value is -1.96. The number of hydrogen-bond donors (Lipinski definition) is 2. The van der Waals surface area contributed by atoms with Crippen LogP contribution in [0.4, 0.5) is 5.69 Å². The third-order valence-electron chi connectivity index (χ3n) is 2.38. The summed E-state index contributed by atoms with van der Waals surface area (Å²) in [5.41, 5.74) is 0.490. The van der Waals surface area contributed by atoms with Gasteiger partial charge < -0.3 is 10.4 Å². The number of hydrogen-bond acceptors (Lipinski definition) is 3. The van der Waals surface area contributed by atoms with Gasteiger partial charge in [-0.05, 0) is 46.9 Å². The molecule has 1 aromatic carbocycles. The lowest BCUT2D eigenvalue weighted by atomic mass is 10.2. The van der Waals surface area contributed by atoms with Crippen LogP contribution in [0.25, 0.3) is 0 Å². The van der Waals surface area contributed by atoms with Crippen molar-refractivity contribution in [1.29, 1.82) is 0 Å². The number of nitrogens with one attached hydrogen (secondary N) is 1. The van der Waals surface area contributed by atoms with Gasteiger partial charge in [0.1, 0.15) is 0 Å². The monoisotopic (exact) mass is 368 g/mol. The van der Waals surface area contributed by atoms with E-state index in [9.17, 15) is 9.59 Å². The van der Waals surface area contributed by atoms with Crippen LogP contribution < -0.4 is 5.32 Å². The maximum atomic E-state index is 12.1. The number of nitrogens with zero attached hydrogens (tertiary/aromatic N) is 1. The number of carbonyl (C=O) groups is 2. The Labute approximate surface area is 122 Å². The highest BCUT2D eigenvalue weighted by molar-refractivity contribution is 14.1. The normalized spacial score (nSPS) is 9.95. The molecule has 19 heavy (non-hydrogen) atoms. The highest BCUT2D eigenvalue weighted by atomic mass is 127. The Kier molecular flexibility index (Phi) is 4.10. The van der Waals surface area contributed by atoms with Gasteiger partial charge in [0.2, 0.25) is 0 Å². The summed E-state index contributed by atoms with van der Waals surface area (Å²) in [6, 6.07) is 10.1. The third kappa shape index (κ3) is 3.08. The molecule has 2 rings (SSSR count). The van der Waals surface area contributed by atoms with Crippen molar-refractivity contribution in [2.24, 2.45) is 0 Å². The Morgan fingerprint density at radius 3 is 2.58 bits per heavy atom. The first kappa shape index (κ1) is 13.5. The predicted octanol–water partition coefficient (Wildman–Crippen LogP) is 2.64. The number of rotatable bonds is 3. The quantitative estimate of drug-likeness (QED) is 0.817. The number of pyridine rings is 1. The first-order valence-corrected chi connectivity index (χ1v) is 6.41. The summed E-state index contributed by atoms with van der Waals surface area (Å²) < 4.78 is 0.790. The Morgan fingerprint density at radius 2 is 1.89 bits per heavy atom. The van der Waals surface area contributed by atoms with Gasteiger partial charge in [0, 0.05) is 9.77 Å². The lowest BCUT2D eigenvalue weighted by Gasteiger charge is -2.08. The number of aromatic nitrogens is 1. The second kappa shape index (κ2) is 5.79. The van der Waals surface area contributed by atoms with Crippen molar-refractivity contribution in [3.8, 4) is 0 Å². The number of amides is 1. The number of anilines is 1. The van der Waals surface area contributed by atoms with Crippen LogP contribution in [-0.2, 0) is 0 Å². The summed E-state index contributed by atoms with van der Waals surface area (Å²) in [4.78, 5) is 26.8. The van der Waals surface area contributed by atoms with Crippen LogP contribution in [-0.4, -0.2) is 22.0 Å². The topological polar surface area (TPSA) is 79.3 Å². The summed E-state index contributed by atoms with van der Waals surface area (Å²) in [6.07, 6.45) is 1.37. The van der Waals surface area contributed by atoms with Crippen molar-refractivity contribution in [1.82, 2.24) is 4.98 Å². The summed E-state index contributed by atoms with van der Waals surface area (Å²) in [6.45, 7) is 0. The van der Waals surface area contributed by atoms with E-state index >= 15 is 0 Å². The number of carboxylic acids is 1. The molecular weight excluding hydrogens is 359 g/mol. The average Bonchev–Trinajstić information content (AvgIpc) is 2.39. The van der Waals surface area contributed by atoms with Crippen LogP contribution >= 0.6 is 22.6 Å². The average molecular weight is 368 g/mol. The number of aromatic carboxylic acids is 1. The van der Waals surface area contributed by atoms with Crippen molar-refractivity contribution in [2.45, 2.75) is 0 Å². The second-order valence-electron chi connectivity index (χ2n) is 3.64. The third-order valence-corrected chi connectivity index (χ3v) is 3.32. The molecule has 2 N–H and O–H groups in total. The van der Waals surface area contributed by atoms with Gasteiger partial charge in [-0.3, -0.25) is 4.79 Å². The number of benzene rings is 1. The van der Waals surface area contributed by atoms with E-state index < -0.39 is 5.97 Å². The molecule has 1 heterocycles. The molecule has 0 saturated heterocycles. The molecule has 0 aliphatic heterocycles. The van der Waals surface area contributed by atoms with Crippen LogP contribution in [0.1, 0.15) is 20.8 Å². The van der Waals surface area contributed by atoms with E-state index in [1.54, 1.807) is 24.3 Å². The van der Waals surface area contributed by atoms with Crippen molar-refractivity contribution < 1.29 is 14.7 Å². The molecule has 1 aromatic heterocycles. The lowest BCUT2D eigenvalue weighted by Crippen LogP contribution is -2.16. The zero-order valence-corrected chi connectivity index (χ0v) is 11.8. The summed E-state index contributed by atoms with van der Waals surface area (Å²) in [5, 5.41) is 11.6. The fourth-order valence-electron chi connectivity index (χ4n) is 1.51. The molecule has 1 amide bonds. The van der Waals surface area contributed by atoms with E-state index in [2.05, 4.69) is 10.3 Å². The van der Waals surface area contributed by atoms with E-state index in [0.29, 0.717) is 5.56 Å². The first-order chi connectivity index (χ1) is 9.09. The standard InChI is InChI=1S/C13H9IN2O3/c14-9-5-2-1-4-8(9)12(17)16-10-6-3-7-15-11(10)13(18)19/h1-7H,(H,16,17)(H,18,19). The second-order valence-corrected chi connectivity index (χ2v) is 4.80. The first-order valence-electron chi connectivity index (χ1n) is 5.34. The van der Waals surface area contributed by atoms with E-state index in [1.165, 1.54) is 12.3 Å². The fourth-order valence-corrected chi connectivity index (χ4v) is 2.14. The van der Waals surface area contributed by atoms with Gasteiger partial charge >= 0.3 is 5.97 Å². The van der Waals surface area contributed by atoms with Crippen LogP contribution in [0.5, 0.6) is 0 Å². The molecule has 0 aliphatic carbocycles. The molecule has 0 spiro atoms. The Bertz CT molecular complexity index is 643. The van der Waals surface area contributed by atoms with E-state index in [4.69, 9.17) is 5.11 Å². The molecule has 0 atom stereocenters. The minimum Gasteiger partial charge on any atom is -0.476 e. The maximum Gasteiger partial charge on any atom is 0.356 e. The van der Waals surface area contributed by atoms with Gasteiger partial charge in [0.25, 0.3) is 5.91 Å². The fraction of sp³-hybridized carbons (Fsp3) is 0. The van der Waals surface area contributed by atoms with Gasteiger partial charge in [-0.2, -0.15) is 0 Å². The van der Waals surface area contributed by atoms with Crippen LogP contribution in [0.15, 0.2) is 42.6 Å². The molecule has 0 saturated carbocycles. The predicted molar refractivity (Wildman–Crippen MR) is 78.3 cm³/mol. The molecule has 0 aliphatic rings. The van der Waals surface area contributed by atoms with Crippen LogP contribution in [0.2, 0.25) is 0 Å². The smallest absolute Gasteiger partial charge is 0.356 e. The lowest BCUT2D eigenvalue weighted by molar-refractivity contribution is 0.0692. The minimum atomic E-state index is -1.18. The molecule has 0 unspecified atom stereocenters. The van der Waals surface area contributed by atoms with E-state index in [1.807, 2.05) is 28.7 Å². The van der Waals surface area contributed by atoms with Crippen molar-refractivity contribution in [3.63, 3.8) is 0 Å². The Balaban J connectivity index is 2.30. The molecular formula is C13H9IN2O3. The van der Waals surface area contributed by atoms with Crippen molar-refractivity contribution in [2.75, 3.05) is 5.32 Å². The van der Waals surface area contributed by atoms with Crippen LogP contribution in [0, 0.1) is 3.57 Å². The molecule has 0 radical (unpaired) electrons.